The van der Waals surface area contributed by atoms with Gasteiger partial charge in [-0.05, 0) is 24.3 Å². The summed E-state index contributed by atoms with van der Waals surface area (Å²) in [7, 11) is 0. The molecule has 0 unspecified atom stereocenters. The van der Waals surface area contributed by atoms with Crippen LogP contribution in [0.5, 0.6) is 11.5 Å². The Bertz CT molecular complexity index is 1180. The molecule has 4 aromatic rings. The van der Waals surface area contributed by atoms with Crippen LogP contribution in [-0.4, -0.2) is 5.11 Å². The van der Waals surface area contributed by atoms with Gasteiger partial charge in [-0.1, -0.05) is 41.4 Å². The second kappa shape index (κ2) is 6.56. The van der Waals surface area contributed by atoms with Crippen LogP contribution < -0.4 is 10.2 Å². The SMILES string of the molecule is O=c1c2ccccc2oc2cc(OCc3c(Cl)cccc3Cl)cc(O)c12. The van der Waals surface area contributed by atoms with Crippen LogP contribution in [0.3, 0.4) is 0 Å². The van der Waals surface area contributed by atoms with Crippen LogP contribution in [-0.2, 0) is 6.61 Å². The maximum atomic E-state index is 12.6. The summed E-state index contributed by atoms with van der Waals surface area (Å²) in [6, 6.07) is 15.0. The van der Waals surface area contributed by atoms with E-state index in [0.29, 0.717) is 32.3 Å². The van der Waals surface area contributed by atoms with E-state index >= 15 is 0 Å². The first kappa shape index (κ1) is 16.8. The molecule has 0 saturated heterocycles. The Morgan fingerprint density at radius 3 is 2.46 bits per heavy atom. The minimum atomic E-state index is -0.292. The number of benzene rings is 3. The minimum Gasteiger partial charge on any atom is -0.507 e. The fourth-order valence-electron chi connectivity index (χ4n) is 2.79. The van der Waals surface area contributed by atoms with Crippen molar-refractivity contribution in [1.29, 1.82) is 0 Å². The maximum Gasteiger partial charge on any atom is 0.204 e. The van der Waals surface area contributed by atoms with Crippen LogP contribution in [0.4, 0.5) is 0 Å². The van der Waals surface area contributed by atoms with Crippen molar-refractivity contribution in [2.75, 3.05) is 0 Å². The van der Waals surface area contributed by atoms with E-state index in [-0.39, 0.29) is 28.8 Å². The average Bonchev–Trinajstić information content (AvgIpc) is 2.61. The van der Waals surface area contributed by atoms with E-state index in [1.807, 2.05) is 0 Å². The molecule has 4 nitrogen and oxygen atoms in total. The Kier molecular flexibility index (Phi) is 4.23. The molecule has 0 bridgehead atoms. The van der Waals surface area contributed by atoms with Crippen molar-refractivity contribution in [3.8, 4) is 11.5 Å². The summed E-state index contributed by atoms with van der Waals surface area (Å²) in [6.45, 7) is 0.112. The number of ether oxygens (including phenoxy) is 1. The number of aromatic hydroxyl groups is 1. The zero-order valence-corrected chi connectivity index (χ0v) is 14.8. The van der Waals surface area contributed by atoms with E-state index in [9.17, 15) is 9.90 Å². The third-order valence-corrected chi connectivity index (χ3v) is 4.79. The Labute approximate surface area is 158 Å². The molecule has 0 aliphatic heterocycles. The molecule has 0 fully saturated rings. The van der Waals surface area contributed by atoms with E-state index in [1.54, 1.807) is 48.5 Å². The Morgan fingerprint density at radius 2 is 1.69 bits per heavy atom. The number of para-hydroxylation sites is 1. The smallest absolute Gasteiger partial charge is 0.204 e. The third kappa shape index (κ3) is 2.87. The summed E-state index contributed by atoms with van der Waals surface area (Å²) in [6.07, 6.45) is 0. The van der Waals surface area contributed by atoms with E-state index in [0.717, 1.165) is 0 Å². The third-order valence-electron chi connectivity index (χ3n) is 4.08. The van der Waals surface area contributed by atoms with Crippen LogP contribution in [0.15, 0.2) is 63.8 Å². The van der Waals surface area contributed by atoms with Crippen molar-refractivity contribution in [1.82, 2.24) is 0 Å². The molecule has 130 valence electrons. The molecule has 0 amide bonds. The molecule has 0 atom stereocenters. The number of phenolic OH excluding ortho intramolecular Hbond substituents is 1. The van der Waals surface area contributed by atoms with Gasteiger partial charge in [0.05, 0.1) is 5.39 Å². The predicted molar refractivity (Wildman–Crippen MR) is 102 cm³/mol. The van der Waals surface area contributed by atoms with Crippen molar-refractivity contribution in [2.45, 2.75) is 6.61 Å². The fraction of sp³-hybridized carbons (Fsp3) is 0.0500. The van der Waals surface area contributed by atoms with Gasteiger partial charge in [0, 0.05) is 27.7 Å². The lowest BCUT2D eigenvalue weighted by molar-refractivity contribution is 0.305. The lowest BCUT2D eigenvalue weighted by Gasteiger charge is -2.11. The van der Waals surface area contributed by atoms with Gasteiger partial charge in [0.1, 0.15) is 34.7 Å². The van der Waals surface area contributed by atoms with Gasteiger partial charge in [-0.2, -0.15) is 0 Å². The molecule has 26 heavy (non-hydrogen) atoms. The van der Waals surface area contributed by atoms with Crippen molar-refractivity contribution < 1.29 is 14.3 Å². The molecular weight excluding hydrogens is 375 g/mol. The lowest BCUT2D eigenvalue weighted by Crippen LogP contribution is -2.03. The van der Waals surface area contributed by atoms with Crippen molar-refractivity contribution >= 4 is 45.1 Å². The zero-order valence-electron chi connectivity index (χ0n) is 13.3. The topological polar surface area (TPSA) is 59.7 Å². The van der Waals surface area contributed by atoms with Crippen LogP contribution in [0.25, 0.3) is 21.9 Å². The monoisotopic (exact) mass is 386 g/mol. The number of halogens is 2. The Morgan fingerprint density at radius 1 is 0.962 bits per heavy atom. The summed E-state index contributed by atoms with van der Waals surface area (Å²) in [5.74, 6) is 0.131. The van der Waals surface area contributed by atoms with Crippen molar-refractivity contribution in [3.05, 3.63) is 80.4 Å². The Hall–Kier alpha value is -2.69. The summed E-state index contributed by atoms with van der Waals surface area (Å²) >= 11 is 12.3. The molecule has 6 heteroatoms. The molecule has 0 radical (unpaired) electrons. The van der Waals surface area contributed by atoms with Crippen molar-refractivity contribution in [3.63, 3.8) is 0 Å². The van der Waals surface area contributed by atoms with Gasteiger partial charge in [0.25, 0.3) is 0 Å². The standard InChI is InChI=1S/C20H12Cl2O4/c21-14-5-3-6-15(22)13(14)10-25-11-8-16(23)19-18(9-11)26-17-7-2-1-4-12(17)20(19)24/h1-9,23H,10H2. The van der Waals surface area contributed by atoms with Crippen LogP contribution in [0.2, 0.25) is 10.0 Å². The molecule has 1 aromatic heterocycles. The fourth-order valence-corrected chi connectivity index (χ4v) is 3.30. The van der Waals surface area contributed by atoms with Gasteiger partial charge in [-0.25, -0.2) is 0 Å². The van der Waals surface area contributed by atoms with E-state index < -0.39 is 0 Å². The maximum absolute atomic E-state index is 12.6. The molecule has 4 rings (SSSR count). The van der Waals surface area contributed by atoms with Gasteiger partial charge in [-0.15, -0.1) is 0 Å². The van der Waals surface area contributed by atoms with E-state index in [2.05, 4.69) is 0 Å². The summed E-state index contributed by atoms with van der Waals surface area (Å²) in [5.41, 5.74) is 1.03. The number of rotatable bonds is 3. The number of phenols is 1. The van der Waals surface area contributed by atoms with Gasteiger partial charge < -0.3 is 14.3 Å². The quantitative estimate of drug-likeness (QED) is 0.469. The second-order valence-electron chi connectivity index (χ2n) is 5.73. The molecule has 1 N–H and O–H groups in total. The highest BCUT2D eigenvalue weighted by Gasteiger charge is 2.14. The highest BCUT2D eigenvalue weighted by molar-refractivity contribution is 6.35. The number of fused-ring (bicyclic) bond motifs is 2. The first-order chi connectivity index (χ1) is 12.5. The van der Waals surface area contributed by atoms with Gasteiger partial charge in [0.15, 0.2) is 0 Å². The Balaban J connectivity index is 1.78. The molecule has 0 aliphatic rings. The summed E-state index contributed by atoms with van der Waals surface area (Å²) < 4.78 is 11.5. The van der Waals surface area contributed by atoms with Crippen LogP contribution >= 0.6 is 23.2 Å². The highest BCUT2D eigenvalue weighted by atomic mass is 35.5. The summed E-state index contributed by atoms with van der Waals surface area (Å²) in [4.78, 5) is 12.6. The molecule has 3 aromatic carbocycles. The molecule has 1 heterocycles. The van der Waals surface area contributed by atoms with E-state index in [4.69, 9.17) is 32.4 Å². The second-order valence-corrected chi connectivity index (χ2v) is 6.55. The summed E-state index contributed by atoms with van der Waals surface area (Å²) in [5, 5.41) is 11.8. The van der Waals surface area contributed by atoms with Gasteiger partial charge in [0.2, 0.25) is 5.43 Å². The van der Waals surface area contributed by atoms with Gasteiger partial charge in [-0.3, -0.25) is 4.79 Å². The molecular formula is C20H12Cl2O4. The van der Waals surface area contributed by atoms with E-state index in [1.165, 1.54) is 6.07 Å². The largest absolute Gasteiger partial charge is 0.507 e. The number of hydrogen-bond donors (Lipinski definition) is 1. The van der Waals surface area contributed by atoms with Crippen LogP contribution in [0, 0.1) is 0 Å². The minimum absolute atomic E-state index is 0.112. The first-order valence-electron chi connectivity index (χ1n) is 7.79. The normalized spacial score (nSPS) is 11.2. The zero-order chi connectivity index (χ0) is 18.3. The molecule has 0 spiro atoms. The molecule has 0 aliphatic carbocycles. The first-order valence-corrected chi connectivity index (χ1v) is 8.54. The van der Waals surface area contributed by atoms with Crippen molar-refractivity contribution in [2.24, 2.45) is 0 Å². The lowest BCUT2D eigenvalue weighted by atomic mass is 10.1. The number of hydrogen-bond acceptors (Lipinski definition) is 4. The predicted octanol–water partition coefficient (Wildman–Crippen LogP) is 5.54. The average molecular weight is 387 g/mol. The molecule has 0 saturated carbocycles. The van der Waals surface area contributed by atoms with Gasteiger partial charge >= 0.3 is 0 Å². The van der Waals surface area contributed by atoms with Crippen LogP contribution in [0.1, 0.15) is 5.56 Å². The highest BCUT2D eigenvalue weighted by Crippen LogP contribution is 2.32.